The van der Waals surface area contributed by atoms with Crippen LogP contribution in [-0.2, 0) is 4.79 Å². The van der Waals surface area contributed by atoms with E-state index >= 15 is 0 Å². The van der Waals surface area contributed by atoms with Gasteiger partial charge in [0.1, 0.15) is 16.2 Å². The minimum Gasteiger partial charge on any atom is -0.294 e. The first-order valence-electron chi connectivity index (χ1n) is 6.08. The van der Waals surface area contributed by atoms with Crippen molar-refractivity contribution < 1.29 is 4.79 Å². The Balaban J connectivity index is 1.66. The van der Waals surface area contributed by atoms with Crippen molar-refractivity contribution in [1.82, 2.24) is 24.8 Å². The van der Waals surface area contributed by atoms with Gasteiger partial charge in [0.05, 0.1) is 5.75 Å². The summed E-state index contributed by atoms with van der Waals surface area (Å²) in [4.78, 5) is 15.7. The van der Waals surface area contributed by atoms with E-state index in [1.54, 1.807) is 6.07 Å². The third-order valence-electron chi connectivity index (χ3n) is 2.56. The molecule has 3 rings (SSSR count). The first-order chi connectivity index (χ1) is 10.7. The summed E-state index contributed by atoms with van der Waals surface area (Å²) in [5.41, 5.74) is 1.60. The topological polar surface area (TPSA) is 96.5 Å². The molecule has 1 amide bonds. The smallest absolute Gasteiger partial charge is 0.237 e. The third kappa shape index (κ3) is 3.62. The highest BCUT2D eigenvalue weighted by atomic mass is 35.5. The number of anilines is 1. The van der Waals surface area contributed by atoms with Gasteiger partial charge in [-0.15, -0.1) is 16.9 Å². The molecule has 0 atom stereocenters. The van der Waals surface area contributed by atoms with Gasteiger partial charge in [0.15, 0.2) is 0 Å². The van der Waals surface area contributed by atoms with Crippen molar-refractivity contribution in [2.75, 3.05) is 11.1 Å². The Morgan fingerprint density at radius 2 is 2.36 bits per heavy atom. The van der Waals surface area contributed by atoms with Crippen LogP contribution in [0, 0.1) is 0 Å². The zero-order valence-electron chi connectivity index (χ0n) is 11.0. The van der Waals surface area contributed by atoms with Gasteiger partial charge in [-0.25, -0.2) is 5.10 Å². The van der Waals surface area contributed by atoms with Gasteiger partial charge in [0, 0.05) is 10.6 Å². The number of hydrogen-bond acceptors (Lipinski definition) is 7. The zero-order valence-corrected chi connectivity index (χ0v) is 13.4. The van der Waals surface area contributed by atoms with Crippen LogP contribution in [0.3, 0.4) is 0 Å². The summed E-state index contributed by atoms with van der Waals surface area (Å²) in [5.74, 6) is 0.355. The highest BCUT2D eigenvalue weighted by Gasteiger charge is 2.13. The Morgan fingerprint density at radius 1 is 1.45 bits per heavy atom. The van der Waals surface area contributed by atoms with Gasteiger partial charge in [-0.1, -0.05) is 28.2 Å². The van der Waals surface area contributed by atoms with Crippen LogP contribution in [0.2, 0.25) is 5.02 Å². The standard InChI is InChI=1S/C12H9ClN6OS2/c13-8-3-1-2-7(4-8)10-11(22-19-17-10)21-5-9(20)16-12-14-6-15-18-12/h1-4,6H,5H2,(H2,14,15,16,18,20). The first-order valence-corrected chi connectivity index (χ1v) is 8.22. The summed E-state index contributed by atoms with van der Waals surface area (Å²) in [6.45, 7) is 0. The molecule has 2 aromatic heterocycles. The van der Waals surface area contributed by atoms with Gasteiger partial charge < -0.3 is 0 Å². The van der Waals surface area contributed by atoms with E-state index in [4.69, 9.17) is 11.6 Å². The molecule has 1 aromatic carbocycles. The van der Waals surface area contributed by atoms with Crippen molar-refractivity contribution in [1.29, 1.82) is 0 Å². The Kier molecular flexibility index (Phi) is 4.66. The Labute approximate surface area is 138 Å². The second-order valence-corrected chi connectivity index (χ2v) is 6.52. The number of carbonyl (C=O) groups excluding carboxylic acids is 1. The number of carbonyl (C=O) groups is 1. The van der Waals surface area contributed by atoms with Crippen LogP contribution in [-0.4, -0.2) is 36.4 Å². The van der Waals surface area contributed by atoms with E-state index in [2.05, 4.69) is 30.1 Å². The molecule has 2 heterocycles. The van der Waals surface area contributed by atoms with Crippen molar-refractivity contribution in [3.8, 4) is 11.3 Å². The van der Waals surface area contributed by atoms with E-state index in [0.29, 0.717) is 11.0 Å². The second-order valence-electron chi connectivity index (χ2n) is 4.09. The molecule has 0 fully saturated rings. The highest BCUT2D eigenvalue weighted by Crippen LogP contribution is 2.33. The summed E-state index contributed by atoms with van der Waals surface area (Å²) < 4.78 is 4.81. The molecule has 3 aromatic rings. The zero-order chi connectivity index (χ0) is 15.4. The van der Waals surface area contributed by atoms with Gasteiger partial charge in [0.2, 0.25) is 11.9 Å². The number of aromatic amines is 1. The summed E-state index contributed by atoms with van der Waals surface area (Å²) in [6.07, 6.45) is 1.33. The van der Waals surface area contributed by atoms with Crippen LogP contribution >= 0.6 is 34.9 Å². The van der Waals surface area contributed by atoms with Crippen molar-refractivity contribution in [2.45, 2.75) is 4.21 Å². The van der Waals surface area contributed by atoms with Crippen LogP contribution in [0.5, 0.6) is 0 Å². The largest absolute Gasteiger partial charge is 0.294 e. The van der Waals surface area contributed by atoms with E-state index < -0.39 is 0 Å². The van der Waals surface area contributed by atoms with Gasteiger partial charge in [-0.05, 0) is 23.7 Å². The van der Waals surface area contributed by atoms with E-state index in [-0.39, 0.29) is 11.7 Å². The molecule has 0 aliphatic carbocycles. The lowest BCUT2D eigenvalue weighted by Crippen LogP contribution is -2.14. The third-order valence-corrected chi connectivity index (χ3v) is 4.76. The fourth-order valence-corrected chi connectivity index (χ4v) is 3.40. The van der Waals surface area contributed by atoms with Crippen molar-refractivity contribution in [3.05, 3.63) is 35.6 Å². The molecule has 112 valence electrons. The number of H-pyrrole nitrogens is 1. The fourth-order valence-electron chi connectivity index (χ4n) is 1.65. The molecule has 0 saturated heterocycles. The molecular weight excluding hydrogens is 344 g/mol. The van der Waals surface area contributed by atoms with Gasteiger partial charge in [-0.3, -0.25) is 10.1 Å². The average Bonchev–Trinajstić information content (AvgIpc) is 3.16. The van der Waals surface area contributed by atoms with Gasteiger partial charge in [0.25, 0.3) is 0 Å². The SMILES string of the molecule is O=C(CSc1snnc1-c1cccc(Cl)c1)Nc1ncn[nH]1. The Hall–Kier alpha value is -1.97. The number of amides is 1. The van der Waals surface area contributed by atoms with Crippen LogP contribution < -0.4 is 5.32 Å². The first kappa shape index (κ1) is 14.9. The maximum absolute atomic E-state index is 11.8. The normalized spacial score (nSPS) is 10.6. The summed E-state index contributed by atoms with van der Waals surface area (Å²) in [5, 5.41) is 13.6. The number of halogens is 1. The molecule has 0 saturated carbocycles. The molecule has 0 bridgehead atoms. The molecule has 0 radical (unpaired) electrons. The molecule has 0 unspecified atom stereocenters. The van der Waals surface area contributed by atoms with E-state index in [0.717, 1.165) is 15.5 Å². The summed E-state index contributed by atoms with van der Waals surface area (Å²) in [6, 6.07) is 7.36. The number of rotatable bonds is 5. The maximum Gasteiger partial charge on any atom is 0.237 e. The van der Waals surface area contributed by atoms with Crippen molar-refractivity contribution in [3.63, 3.8) is 0 Å². The van der Waals surface area contributed by atoms with Crippen molar-refractivity contribution >= 4 is 46.8 Å². The number of nitrogens with one attached hydrogen (secondary N) is 2. The molecule has 10 heteroatoms. The maximum atomic E-state index is 11.8. The molecule has 0 spiro atoms. The predicted octanol–water partition coefficient (Wildman–Crippen LogP) is 2.71. The second kappa shape index (κ2) is 6.86. The Bertz CT molecular complexity index is 776. The van der Waals surface area contributed by atoms with E-state index in [9.17, 15) is 4.79 Å². The lowest BCUT2D eigenvalue weighted by atomic mass is 10.2. The lowest BCUT2D eigenvalue weighted by molar-refractivity contribution is -0.113. The van der Waals surface area contributed by atoms with Crippen LogP contribution in [0.4, 0.5) is 5.95 Å². The molecule has 0 aliphatic rings. The van der Waals surface area contributed by atoms with Gasteiger partial charge in [-0.2, -0.15) is 10.1 Å². The van der Waals surface area contributed by atoms with E-state index in [1.165, 1.54) is 29.6 Å². The number of benzene rings is 1. The highest BCUT2D eigenvalue weighted by molar-refractivity contribution is 8.01. The van der Waals surface area contributed by atoms with E-state index in [1.807, 2.05) is 18.2 Å². The minimum atomic E-state index is -0.188. The number of hydrogen-bond donors (Lipinski definition) is 2. The van der Waals surface area contributed by atoms with Crippen LogP contribution in [0.15, 0.2) is 34.8 Å². The summed E-state index contributed by atoms with van der Waals surface area (Å²) >= 11 is 8.59. The minimum absolute atomic E-state index is 0.188. The average molecular weight is 353 g/mol. The van der Waals surface area contributed by atoms with Crippen LogP contribution in [0.1, 0.15) is 0 Å². The monoisotopic (exact) mass is 352 g/mol. The number of thioether (sulfide) groups is 1. The lowest BCUT2D eigenvalue weighted by Gasteiger charge is -2.02. The van der Waals surface area contributed by atoms with Gasteiger partial charge >= 0.3 is 0 Å². The molecule has 7 nitrogen and oxygen atoms in total. The fraction of sp³-hybridized carbons (Fsp3) is 0.0833. The molecule has 22 heavy (non-hydrogen) atoms. The van der Waals surface area contributed by atoms with Crippen molar-refractivity contribution in [2.24, 2.45) is 0 Å². The predicted molar refractivity (Wildman–Crippen MR) is 86.1 cm³/mol. The molecular formula is C12H9ClN6OS2. The quantitative estimate of drug-likeness (QED) is 0.685. The Morgan fingerprint density at radius 3 is 3.14 bits per heavy atom. The number of aromatic nitrogens is 5. The molecule has 0 aliphatic heterocycles. The summed E-state index contributed by atoms with van der Waals surface area (Å²) in [7, 11) is 0. The number of nitrogens with zero attached hydrogens (tertiary/aromatic N) is 4. The molecule has 2 N–H and O–H groups in total. The van der Waals surface area contributed by atoms with Crippen LogP contribution in [0.25, 0.3) is 11.3 Å².